The fraction of sp³-hybridized carbons (Fsp3) is 0.429. The van der Waals surface area contributed by atoms with Crippen molar-refractivity contribution >= 4 is 38.9 Å². The Balaban J connectivity index is 1.75. The van der Waals surface area contributed by atoms with Crippen LogP contribution in [-0.2, 0) is 6.54 Å². The van der Waals surface area contributed by atoms with Gasteiger partial charge in [-0.15, -0.1) is 0 Å². The van der Waals surface area contributed by atoms with Crippen molar-refractivity contribution in [3.63, 3.8) is 0 Å². The molecule has 146 valence electrons. The molecule has 0 saturated carbocycles. The van der Waals surface area contributed by atoms with E-state index in [2.05, 4.69) is 38.3 Å². The molecule has 0 amide bonds. The summed E-state index contributed by atoms with van der Waals surface area (Å²) in [6, 6.07) is 10.2. The van der Waals surface area contributed by atoms with Crippen molar-refractivity contribution in [3.8, 4) is 11.5 Å². The highest BCUT2D eigenvalue weighted by atomic mass is 79.9. The number of nitrogens with one attached hydrogen (secondary N) is 1. The lowest BCUT2D eigenvalue weighted by molar-refractivity contribution is 0.308. The van der Waals surface area contributed by atoms with Gasteiger partial charge in [0.1, 0.15) is 0 Å². The van der Waals surface area contributed by atoms with E-state index >= 15 is 0 Å². The molecule has 2 aromatic rings. The molecule has 2 aromatic carbocycles. The van der Waals surface area contributed by atoms with Crippen LogP contribution in [0.3, 0.4) is 0 Å². The minimum Gasteiger partial charge on any atom is -0.493 e. The number of piperidine rings is 1. The Labute approximate surface area is 174 Å². The summed E-state index contributed by atoms with van der Waals surface area (Å²) in [5.41, 5.74) is 3.14. The smallest absolute Gasteiger partial charge is 0.166 e. The lowest BCUT2D eigenvalue weighted by atomic mass is 10.1. The number of methoxy groups -OCH3 is 1. The minimum atomic E-state index is 0.585. The van der Waals surface area contributed by atoms with Crippen LogP contribution in [0.25, 0.3) is 0 Å². The van der Waals surface area contributed by atoms with Crippen molar-refractivity contribution in [2.75, 3.05) is 37.0 Å². The second-order valence-corrected chi connectivity index (χ2v) is 7.92. The summed E-state index contributed by atoms with van der Waals surface area (Å²) in [5, 5.41) is 4.24. The molecule has 0 unspecified atom stereocenters. The van der Waals surface area contributed by atoms with E-state index in [0.29, 0.717) is 13.2 Å². The number of nitrogens with zero attached hydrogens (tertiary/aromatic N) is 1. The zero-order valence-corrected chi connectivity index (χ0v) is 18.2. The van der Waals surface area contributed by atoms with E-state index in [1.165, 1.54) is 19.3 Å². The van der Waals surface area contributed by atoms with E-state index in [-0.39, 0.29) is 0 Å². The Morgan fingerprint density at radius 1 is 1.15 bits per heavy atom. The van der Waals surface area contributed by atoms with Gasteiger partial charge in [0, 0.05) is 35.4 Å². The van der Waals surface area contributed by atoms with Crippen molar-refractivity contribution in [3.05, 3.63) is 45.4 Å². The van der Waals surface area contributed by atoms with Gasteiger partial charge in [-0.25, -0.2) is 0 Å². The van der Waals surface area contributed by atoms with Crippen LogP contribution in [0.4, 0.5) is 11.4 Å². The Morgan fingerprint density at radius 3 is 2.59 bits per heavy atom. The van der Waals surface area contributed by atoms with Crippen LogP contribution in [0.5, 0.6) is 11.5 Å². The largest absolute Gasteiger partial charge is 0.493 e. The predicted molar refractivity (Wildman–Crippen MR) is 117 cm³/mol. The molecule has 0 radical (unpaired) electrons. The molecule has 1 fully saturated rings. The zero-order chi connectivity index (χ0) is 19.2. The summed E-state index contributed by atoms with van der Waals surface area (Å²) < 4.78 is 12.2. The standard InChI is InChI=1S/C21H26BrClN2O2/c1-3-27-21-15(11-16(22)12-20(21)26-2)14-24-17-7-8-19(18(23)13-17)25-9-5-4-6-10-25/h7-8,11-13,24H,3-6,9-10,14H2,1-2H3. The van der Waals surface area contributed by atoms with Crippen molar-refractivity contribution in [2.45, 2.75) is 32.7 Å². The third-order valence-electron chi connectivity index (χ3n) is 4.73. The van der Waals surface area contributed by atoms with Gasteiger partial charge in [0.15, 0.2) is 11.5 Å². The van der Waals surface area contributed by atoms with Gasteiger partial charge in [0.25, 0.3) is 0 Å². The molecule has 0 aliphatic carbocycles. The van der Waals surface area contributed by atoms with E-state index < -0.39 is 0 Å². The van der Waals surface area contributed by atoms with Crippen LogP contribution in [-0.4, -0.2) is 26.8 Å². The molecule has 27 heavy (non-hydrogen) atoms. The van der Waals surface area contributed by atoms with Crippen LogP contribution in [0.15, 0.2) is 34.8 Å². The van der Waals surface area contributed by atoms with Crippen molar-refractivity contribution in [2.24, 2.45) is 0 Å². The molecular formula is C21H26BrClN2O2. The molecule has 3 rings (SSSR count). The second kappa shape index (κ2) is 9.56. The topological polar surface area (TPSA) is 33.7 Å². The summed E-state index contributed by atoms with van der Waals surface area (Å²) in [6.45, 7) is 5.34. The molecule has 4 nitrogen and oxygen atoms in total. The third-order valence-corrected chi connectivity index (χ3v) is 5.49. The van der Waals surface area contributed by atoms with Gasteiger partial charge in [0.2, 0.25) is 0 Å². The fourth-order valence-electron chi connectivity index (χ4n) is 3.42. The molecule has 0 aromatic heterocycles. The molecule has 6 heteroatoms. The number of hydrogen-bond donors (Lipinski definition) is 1. The Bertz CT molecular complexity index is 779. The van der Waals surface area contributed by atoms with Crippen LogP contribution in [0.2, 0.25) is 5.02 Å². The van der Waals surface area contributed by atoms with Gasteiger partial charge < -0.3 is 19.7 Å². The summed E-state index contributed by atoms with van der Waals surface area (Å²) >= 11 is 10.1. The molecule has 1 heterocycles. The first-order valence-electron chi connectivity index (χ1n) is 9.40. The van der Waals surface area contributed by atoms with Crippen LogP contribution in [0.1, 0.15) is 31.7 Å². The van der Waals surface area contributed by atoms with Crippen LogP contribution in [0, 0.1) is 0 Å². The van der Waals surface area contributed by atoms with E-state index in [0.717, 1.165) is 51.0 Å². The summed E-state index contributed by atoms with van der Waals surface area (Å²) in [4.78, 5) is 2.38. The second-order valence-electron chi connectivity index (χ2n) is 6.60. The molecule has 1 saturated heterocycles. The van der Waals surface area contributed by atoms with Crippen LogP contribution >= 0.6 is 27.5 Å². The van der Waals surface area contributed by atoms with Gasteiger partial charge in [-0.3, -0.25) is 0 Å². The minimum absolute atomic E-state index is 0.585. The lowest BCUT2D eigenvalue weighted by Crippen LogP contribution is -2.29. The lowest BCUT2D eigenvalue weighted by Gasteiger charge is -2.29. The fourth-order valence-corrected chi connectivity index (χ4v) is 4.20. The summed E-state index contributed by atoms with van der Waals surface area (Å²) in [7, 11) is 1.65. The number of rotatable bonds is 7. The third kappa shape index (κ3) is 5.02. The number of benzene rings is 2. The maximum atomic E-state index is 6.56. The quantitative estimate of drug-likeness (QED) is 0.548. The number of halogens is 2. The van der Waals surface area contributed by atoms with Gasteiger partial charge in [-0.05, 0) is 56.5 Å². The van der Waals surface area contributed by atoms with E-state index in [1.807, 2.05) is 25.1 Å². The van der Waals surface area contributed by atoms with Crippen molar-refractivity contribution < 1.29 is 9.47 Å². The predicted octanol–water partition coefficient (Wildman–Crippen LogP) is 6.11. The highest BCUT2D eigenvalue weighted by Gasteiger charge is 2.15. The normalized spacial score (nSPS) is 14.1. The monoisotopic (exact) mass is 452 g/mol. The van der Waals surface area contributed by atoms with Gasteiger partial charge in [-0.2, -0.15) is 0 Å². The Hall–Kier alpha value is -1.59. The van der Waals surface area contributed by atoms with E-state index in [1.54, 1.807) is 7.11 Å². The zero-order valence-electron chi connectivity index (χ0n) is 15.9. The van der Waals surface area contributed by atoms with E-state index in [4.69, 9.17) is 21.1 Å². The molecule has 0 bridgehead atoms. The highest BCUT2D eigenvalue weighted by molar-refractivity contribution is 9.10. The van der Waals surface area contributed by atoms with Gasteiger partial charge in [0.05, 0.1) is 24.4 Å². The Morgan fingerprint density at radius 2 is 1.93 bits per heavy atom. The molecule has 1 aliphatic heterocycles. The average molecular weight is 454 g/mol. The Kier molecular flexibility index (Phi) is 7.13. The maximum Gasteiger partial charge on any atom is 0.166 e. The first-order valence-corrected chi connectivity index (χ1v) is 10.6. The summed E-state index contributed by atoms with van der Waals surface area (Å²) in [6.07, 6.45) is 3.79. The van der Waals surface area contributed by atoms with Crippen LogP contribution < -0.4 is 19.7 Å². The van der Waals surface area contributed by atoms with E-state index in [9.17, 15) is 0 Å². The average Bonchev–Trinajstić information content (AvgIpc) is 2.68. The molecular weight excluding hydrogens is 428 g/mol. The van der Waals surface area contributed by atoms with Gasteiger partial charge >= 0.3 is 0 Å². The highest BCUT2D eigenvalue weighted by Crippen LogP contribution is 2.36. The van der Waals surface area contributed by atoms with Crippen molar-refractivity contribution in [1.29, 1.82) is 0 Å². The summed E-state index contributed by atoms with van der Waals surface area (Å²) in [5.74, 6) is 1.49. The SMILES string of the molecule is CCOc1c(CNc2ccc(N3CCCCC3)c(Cl)c2)cc(Br)cc1OC. The molecule has 0 spiro atoms. The molecule has 1 N–H and O–H groups in total. The molecule has 1 aliphatic rings. The number of hydrogen-bond acceptors (Lipinski definition) is 4. The van der Waals surface area contributed by atoms with Crippen molar-refractivity contribution in [1.82, 2.24) is 0 Å². The number of anilines is 2. The molecule has 0 atom stereocenters. The van der Waals surface area contributed by atoms with Gasteiger partial charge in [-0.1, -0.05) is 27.5 Å². The first-order chi connectivity index (χ1) is 13.1. The number of ether oxygens (including phenoxy) is 2. The maximum absolute atomic E-state index is 6.56. The first kappa shape index (κ1) is 20.2.